The van der Waals surface area contributed by atoms with Gasteiger partial charge in [-0.05, 0) is 74.2 Å². The molecule has 0 spiro atoms. The number of alkyl halides is 9. The SMILES string of the molecule is CCC1C[C@H](NCc2cc(C(F)(F)F)cc(C(F)(F)F)c2)c2cc(C(F)(F)F)ccc2N1C(=O)OC(C)C. The van der Waals surface area contributed by atoms with Gasteiger partial charge in [-0.15, -0.1) is 0 Å². The minimum Gasteiger partial charge on any atom is -0.446 e. The molecule has 2 aromatic rings. The van der Waals surface area contributed by atoms with Crippen LogP contribution in [0, 0.1) is 0 Å². The molecule has 0 bridgehead atoms. The van der Waals surface area contributed by atoms with Gasteiger partial charge in [0.05, 0.1) is 28.5 Å². The van der Waals surface area contributed by atoms with Gasteiger partial charge < -0.3 is 10.1 Å². The van der Waals surface area contributed by atoms with E-state index in [-0.39, 0.29) is 29.3 Å². The molecule has 13 heteroatoms. The van der Waals surface area contributed by atoms with E-state index in [1.54, 1.807) is 20.8 Å². The predicted octanol–water partition coefficient (Wildman–Crippen LogP) is 8.11. The number of nitrogens with one attached hydrogen (secondary N) is 1. The van der Waals surface area contributed by atoms with Crippen LogP contribution in [0.4, 0.5) is 50.0 Å². The quantitative estimate of drug-likeness (QED) is 0.379. The molecular formula is C25H25F9N2O2. The normalized spacial score (nSPS) is 18.5. The summed E-state index contributed by atoms with van der Waals surface area (Å²) in [6.07, 6.45) is -15.7. The molecule has 4 nitrogen and oxygen atoms in total. The molecule has 1 heterocycles. The number of halogens is 9. The molecule has 1 N–H and O–H groups in total. The highest BCUT2D eigenvalue weighted by atomic mass is 19.4. The summed E-state index contributed by atoms with van der Waals surface area (Å²) in [6, 6.07) is 2.37. The molecule has 0 saturated carbocycles. The van der Waals surface area contributed by atoms with E-state index in [0.29, 0.717) is 18.6 Å². The zero-order chi connectivity index (χ0) is 28.6. The summed E-state index contributed by atoms with van der Waals surface area (Å²) < 4.78 is 125. The van der Waals surface area contributed by atoms with Gasteiger partial charge in [-0.3, -0.25) is 4.90 Å². The van der Waals surface area contributed by atoms with Gasteiger partial charge >= 0.3 is 24.6 Å². The Bertz CT molecular complexity index is 1120. The van der Waals surface area contributed by atoms with Crippen molar-refractivity contribution in [2.75, 3.05) is 4.90 Å². The summed E-state index contributed by atoms with van der Waals surface area (Å²) in [7, 11) is 0. The topological polar surface area (TPSA) is 41.6 Å². The van der Waals surface area contributed by atoms with Crippen LogP contribution in [0.5, 0.6) is 0 Å². The molecule has 38 heavy (non-hydrogen) atoms. The van der Waals surface area contributed by atoms with Gasteiger partial charge in [0.25, 0.3) is 0 Å². The van der Waals surface area contributed by atoms with Crippen LogP contribution in [0.25, 0.3) is 0 Å². The second-order valence-electron chi connectivity index (χ2n) is 9.22. The fraction of sp³-hybridized carbons (Fsp3) is 0.480. The van der Waals surface area contributed by atoms with Crippen molar-refractivity contribution in [3.05, 3.63) is 64.2 Å². The lowest BCUT2D eigenvalue weighted by Gasteiger charge is -2.41. The number of nitrogens with zero attached hydrogens (tertiary/aromatic N) is 1. The summed E-state index contributed by atoms with van der Waals surface area (Å²) in [5.74, 6) is 0. The molecule has 2 aromatic carbocycles. The maximum atomic E-state index is 13.5. The lowest BCUT2D eigenvalue weighted by Crippen LogP contribution is -2.47. The Kier molecular flexibility index (Phi) is 8.30. The van der Waals surface area contributed by atoms with E-state index >= 15 is 0 Å². The van der Waals surface area contributed by atoms with Crippen LogP contribution < -0.4 is 10.2 Å². The van der Waals surface area contributed by atoms with Crippen LogP contribution in [0.1, 0.15) is 67.5 Å². The lowest BCUT2D eigenvalue weighted by atomic mass is 9.88. The van der Waals surface area contributed by atoms with Crippen LogP contribution >= 0.6 is 0 Å². The van der Waals surface area contributed by atoms with E-state index in [1.165, 1.54) is 4.90 Å². The maximum Gasteiger partial charge on any atom is 0.416 e. The smallest absolute Gasteiger partial charge is 0.416 e. The van der Waals surface area contributed by atoms with E-state index in [1.807, 2.05) is 0 Å². The zero-order valence-electron chi connectivity index (χ0n) is 20.5. The number of hydrogen-bond acceptors (Lipinski definition) is 3. The molecule has 0 aromatic heterocycles. The molecule has 0 aliphatic carbocycles. The summed E-state index contributed by atoms with van der Waals surface area (Å²) in [6.45, 7) is 4.44. The molecule has 0 radical (unpaired) electrons. The average molecular weight is 556 g/mol. The average Bonchev–Trinajstić information content (AvgIpc) is 2.79. The number of amides is 1. The van der Waals surface area contributed by atoms with E-state index < -0.39 is 66.0 Å². The van der Waals surface area contributed by atoms with Crippen LogP contribution in [-0.2, 0) is 29.8 Å². The number of hydrogen-bond donors (Lipinski definition) is 1. The molecular weight excluding hydrogens is 531 g/mol. The van der Waals surface area contributed by atoms with Crippen molar-refractivity contribution in [1.29, 1.82) is 0 Å². The Hall–Kier alpha value is -2.96. The van der Waals surface area contributed by atoms with Gasteiger partial charge in [-0.1, -0.05) is 6.92 Å². The molecule has 210 valence electrons. The first-order valence-corrected chi connectivity index (χ1v) is 11.6. The molecule has 1 amide bonds. The Morgan fingerprint density at radius 1 is 0.921 bits per heavy atom. The third-order valence-electron chi connectivity index (χ3n) is 6.07. The van der Waals surface area contributed by atoms with Crippen molar-refractivity contribution in [2.24, 2.45) is 0 Å². The summed E-state index contributed by atoms with van der Waals surface area (Å²) in [4.78, 5) is 14.1. The van der Waals surface area contributed by atoms with Crippen molar-refractivity contribution < 1.29 is 49.0 Å². The maximum absolute atomic E-state index is 13.5. The first-order valence-electron chi connectivity index (χ1n) is 11.6. The van der Waals surface area contributed by atoms with Crippen molar-refractivity contribution >= 4 is 11.8 Å². The zero-order valence-corrected chi connectivity index (χ0v) is 20.5. The molecule has 0 fully saturated rings. The molecule has 1 aliphatic rings. The Labute approximate surface area is 212 Å². The van der Waals surface area contributed by atoms with E-state index in [0.717, 1.165) is 18.2 Å². The second kappa shape index (κ2) is 10.7. The van der Waals surface area contributed by atoms with Crippen molar-refractivity contribution in [3.63, 3.8) is 0 Å². The third-order valence-corrected chi connectivity index (χ3v) is 6.07. The number of ether oxygens (including phenoxy) is 1. The summed E-state index contributed by atoms with van der Waals surface area (Å²) >= 11 is 0. The highest BCUT2D eigenvalue weighted by Gasteiger charge is 2.40. The fourth-order valence-corrected chi connectivity index (χ4v) is 4.34. The third kappa shape index (κ3) is 6.72. The van der Waals surface area contributed by atoms with Crippen molar-refractivity contribution in [3.8, 4) is 0 Å². The Morgan fingerprint density at radius 3 is 1.95 bits per heavy atom. The van der Waals surface area contributed by atoms with Gasteiger partial charge in [0.2, 0.25) is 0 Å². The molecule has 0 saturated heterocycles. The number of anilines is 1. The monoisotopic (exact) mass is 556 g/mol. The van der Waals surface area contributed by atoms with Gasteiger partial charge in [0.1, 0.15) is 0 Å². The fourth-order valence-electron chi connectivity index (χ4n) is 4.34. The number of benzene rings is 2. The van der Waals surface area contributed by atoms with Crippen LogP contribution in [-0.4, -0.2) is 18.2 Å². The number of carbonyl (C=O) groups is 1. The summed E-state index contributed by atoms with van der Waals surface area (Å²) in [5.41, 5.74) is -4.24. The van der Waals surface area contributed by atoms with Crippen LogP contribution in [0.15, 0.2) is 36.4 Å². The largest absolute Gasteiger partial charge is 0.446 e. The minimum atomic E-state index is -5.04. The molecule has 1 aliphatic heterocycles. The van der Waals surface area contributed by atoms with E-state index in [2.05, 4.69) is 5.32 Å². The molecule has 1 unspecified atom stereocenters. The van der Waals surface area contributed by atoms with Crippen LogP contribution in [0.3, 0.4) is 0 Å². The van der Waals surface area contributed by atoms with Gasteiger partial charge in [-0.2, -0.15) is 39.5 Å². The first kappa shape index (κ1) is 29.6. The number of carbonyl (C=O) groups excluding carboxylic acids is 1. The van der Waals surface area contributed by atoms with Crippen LogP contribution in [0.2, 0.25) is 0 Å². The van der Waals surface area contributed by atoms with Crippen molar-refractivity contribution in [1.82, 2.24) is 5.32 Å². The highest BCUT2D eigenvalue weighted by molar-refractivity contribution is 5.90. The van der Waals surface area contributed by atoms with Gasteiger partial charge in [-0.25, -0.2) is 4.79 Å². The van der Waals surface area contributed by atoms with E-state index in [4.69, 9.17) is 4.74 Å². The molecule has 3 rings (SSSR count). The van der Waals surface area contributed by atoms with Gasteiger partial charge in [0.15, 0.2) is 0 Å². The predicted molar refractivity (Wildman–Crippen MR) is 120 cm³/mol. The Balaban J connectivity index is 2.03. The summed E-state index contributed by atoms with van der Waals surface area (Å²) in [5, 5.41) is 2.81. The standard InChI is InChI=1S/C25H25F9N2O2/c1-4-18-11-20(35-12-14-7-16(24(29,30)31)9-17(8-14)25(32,33)34)19-10-15(23(26,27)28)5-6-21(19)36(18)22(37)38-13(2)3/h5-10,13,18,20,35H,4,11-12H2,1-3H3/t18?,20-/m0/s1. The van der Waals surface area contributed by atoms with Crippen molar-refractivity contribution in [2.45, 2.75) is 76.9 Å². The van der Waals surface area contributed by atoms with E-state index in [9.17, 15) is 44.3 Å². The minimum absolute atomic E-state index is 0.000342. The number of rotatable bonds is 5. The highest BCUT2D eigenvalue weighted by Crippen LogP contribution is 2.42. The second-order valence-corrected chi connectivity index (χ2v) is 9.22. The number of fused-ring (bicyclic) bond motifs is 1. The lowest BCUT2D eigenvalue weighted by molar-refractivity contribution is -0.143. The first-order chi connectivity index (χ1) is 17.4. The molecule has 2 atom stereocenters. The Morgan fingerprint density at radius 2 is 1.47 bits per heavy atom. The van der Waals surface area contributed by atoms with Gasteiger partial charge in [0, 0.05) is 18.6 Å².